The van der Waals surface area contributed by atoms with Gasteiger partial charge in [0.05, 0.1) is 0 Å². The van der Waals surface area contributed by atoms with Crippen molar-refractivity contribution in [3.05, 3.63) is 11.6 Å². The van der Waals surface area contributed by atoms with Crippen LogP contribution in [0.2, 0.25) is 0 Å². The predicted octanol–water partition coefficient (Wildman–Crippen LogP) is 2.57. The smallest absolute Gasteiger partial charge is 0.0406 e. The Morgan fingerprint density at radius 1 is 1.86 bits per heavy atom. The molecule has 0 aromatic heterocycles. The van der Waals surface area contributed by atoms with Gasteiger partial charge in [-0.1, -0.05) is 27.6 Å². The van der Waals surface area contributed by atoms with Crippen LogP contribution in [-0.4, -0.2) is 11.2 Å². The molecule has 0 aliphatic rings. The van der Waals surface area contributed by atoms with Crippen LogP contribution in [0.4, 0.5) is 0 Å². The molecular weight excluding hydrogens is 175 g/mol. The molecule has 0 nitrogen and oxygen atoms in total. The summed E-state index contributed by atoms with van der Waals surface area (Å²) in [5, 5.41) is 0.930. The van der Waals surface area contributed by atoms with Crippen molar-refractivity contribution in [3.8, 4) is 0 Å². The zero-order valence-electron chi connectivity index (χ0n) is 4.25. The lowest BCUT2D eigenvalue weighted by molar-refractivity contribution is 1.39. The molecule has 0 saturated heterocycles. The summed E-state index contributed by atoms with van der Waals surface area (Å²) in [7, 11) is 0. The fourth-order valence-corrected chi connectivity index (χ4v) is 0.679. The van der Waals surface area contributed by atoms with Crippen LogP contribution in [0.5, 0.6) is 0 Å². The summed E-state index contributed by atoms with van der Waals surface area (Å²) in [6.45, 7) is 2.04. The summed E-state index contributed by atoms with van der Waals surface area (Å²) in [5.41, 5.74) is 1.29. The van der Waals surface area contributed by atoms with E-state index in [2.05, 4.69) is 15.9 Å². The van der Waals surface area contributed by atoms with Crippen molar-refractivity contribution in [2.75, 3.05) is 11.2 Å². The zero-order valence-corrected chi connectivity index (χ0v) is 6.59. The lowest BCUT2D eigenvalue weighted by Gasteiger charge is -1.86. The van der Waals surface area contributed by atoms with Crippen molar-refractivity contribution in [1.29, 1.82) is 0 Å². The largest absolute Gasteiger partial charge is 0.122 e. The van der Waals surface area contributed by atoms with Crippen LogP contribution < -0.4 is 0 Å². The molecule has 0 fully saturated rings. The van der Waals surface area contributed by atoms with Gasteiger partial charge in [-0.2, -0.15) is 0 Å². The number of rotatable bonds is 2. The first kappa shape index (κ1) is 7.51. The van der Waals surface area contributed by atoms with Gasteiger partial charge in [-0.25, -0.2) is 0 Å². The van der Waals surface area contributed by atoms with E-state index in [9.17, 15) is 0 Å². The first-order chi connectivity index (χ1) is 3.31. The van der Waals surface area contributed by atoms with E-state index in [4.69, 9.17) is 11.6 Å². The lowest BCUT2D eigenvalue weighted by atomic mass is 10.3. The summed E-state index contributed by atoms with van der Waals surface area (Å²) in [4.78, 5) is 0. The van der Waals surface area contributed by atoms with Crippen LogP contribution in [0.3, 0.4) is 0 Å². The van der Waals surface area contributed by atoms with E-state index < -0.39 is 0 Å². The third kappa shape index (κ3) is 4.36. The first-order valence-corrected chi connectivity index (χ1v) is 3.74. The van der Waals surface area contributed by atoms with Crippen molar-refractivity contribution in [2.24, 2.45) is 0 Å². The highest BCUT2D eigenvalue weighted by Crippen LogP contribution is 1.96. The number of hydrogen-bond acceptors (Lipinski definition) is 0. The molecule has 0 aromatic carbocycles. The zero-order chi connectivity index (χ0) is 5.70. The van der Waals surface area contributed by atoms with Crippen molar-refractivity contribution >= 4 is 27.5 Å². The van der Waals surface area contributed by atoms with Gasteiger partial charge in [-0.05, 0) is 6.92 Å². The van der Waals surface area contributed by atoms with E-state index in [0.717, 1.165) is 5.33 Å². The fraction of sp³-hybridized carbons (Fsp3) is 0.600. The normalized spacial score (nSPS) is 12.1. The number of allylic oxidation sites excluding steroid dienone is 2. The van der Waals surface area contributed by atoms with Crippen LogP contribution >= 0.6 is 27.5 Å². The van der Waals surface area contributed by atoms with Gasteiger partial charge < -0.3 is 0 Å². The molecule has 0 amide bonds. The van der Waals surface area contributed by atoms with Crippen LogP contribution in [0.25, 0.3) is 0 Å². The Labute approximate surface area is 57.7 Å². The molecule has 2 heteroatoms. The predicted molar refractivity (Wildman–Crippen MR) is 38.3 cm³/mol. The molecule has 0 heterocycles. The second kappa shape index (κ2) is 4.66. The van der Waals surface area contributed by atoms with Gasteiger partial charge in [0.25, 0.3) is 0 Å². The first-order valence-electron chi connectivity index (χ1n) is 2.08. The van der Waals surface area contributed by atoms with E-state index in [1.807, 2.05) is 13.0 Å². The Hall–Kier alpha value is 0.510. The van der Waals surface area contributed by atoms with E-state index in [1.165, 1.54) is 5.57 Å². The summed E-state index contributed by atoms with van der Waals surface area (Å²) in [5.74, 6) is 0.622. The maximum Gasteiger partial charge on any atom is 0.0406 e. The van der Waals surface area contributed by atoms with Crippen LogP contribution in [0, 0.1) is 0 Å². The third-order valence-corrected chi connectivity index (χ3v) is 1.68. The Bertz CT molecular complexity index is 68.5. The van der Waals surface area contributed by atoms with Gasteiger partial charge in [0.2, 0.25) is 0 Å². The molecule has 0 radical (unpaired) electrons. The van der Waals surface area contributed by atoms with Crippen molar-refractivity contribution in [3.63, 3.8) is 0 Å². The summed E-state index contributed by atoms with van der Waals surface area (Å²) in [6, 6.07) is 0. The number of alkyl halides is 2. The van der Waals surface area contributed by atoms with E-state index in [0.29, 0.717) is 5.88 Å². The van der Waals surface area contributed by atoms with Crippen molar-refractivity contribution in [2.45, 2.75) is 6.92 Å². The average molecular weight is 183 g/mol. The molecular formula is C5H8BrCl. The lowest BCUT2D eigenvalue weighted by Crippen LogP contribution is -1.74. The second-order valence-corrected chi connectivity index (χ2v) is 2.21. The topological polar surface area (TPSA) is 0 Å². The molecule has 0 aromatic rings. The van der Waals surface area contributed by atoms with Gasteiger partial charge in [0, 0.05) is 11.2 Å². The number of halogens is 2. The van der Waals surface area contributed by atoms with Gasteiger partial charge in [0.15, 0.2) is 0 Å². The van der Waals surface area contributed by atoms with Crippen molar-refractivity contribution < 1.29 is 0 Å². The molecule has 0 aliphatic carbocycles. The molecule has 0 bridgehead atoms. The molecule has 0 rings (SSSR count). The molecule has 7 heavy (non-hydrogen) atoms. The monoisotopic (exact) mass is 182 g/mol. The minimum Gasteiger partial charge on any atom is -0.122 e. The highest BCUT2D eigenvalue weighted by Gasteiger charge is 1.79. The Morgan fingerprint density at radius 3 is 2.57 bits per heavy atom. The molecule has 0 unspecified atom stereocenters. The highest BCUT2D eigenvalue weighted by atomic mass is 79.9. The highest BCUT2D eigenvalue weighted by molar-refractivity contribution is 9.09. The van der Waals surface area contributed by atoms with Gasteiger partial charge in [-0.15, -0.1) is 11.6 Å². The van der Waals surface area contributed by atoms with E-state index in [-0.39, 0.29) is 0 Å². The summed E-state index contributed by atoms with van der Waals surface area (Å²) in [6.07, 6.45) is 1.98. The summed E-state index contributed by atoms with van der Waals surface area (Å²) < 4.78 is 0. The molecule has 0 spiro atoms. The Kier molecular flexibility index (Phi) is 5.00. The molecule has 0 N–H and O–H groups in total. The molecule has 0 aliphatic heterocycles. The van der Waals surface area contributed by atoms with E-state index in [1.54, 1.807) is 0 Å². The van der Waals surface area contributed by atoms with Gasteiger partial charge in [-0.3, -0.25) is 0 Å². The minimum atomic E-state index is 0.622. The standard InChI is InChI=1S/C5H8BrCl/c1-5(4-6)2-3-7/h2H,3-4H2,1H3. The summed E-state index contributed by atoms with van der Waals surface area (Å²) >= 11 is 8.67. The minimum absolute atomic E-state index is 0.622. The molecule has 0 atom stereocenters. The quantitative estimate of drug-likeness (QED) is 0.456. The average Bonchev–Trinajstić information content (AvgIpc) is 1.68. The molecule has 42 valence electrons. The van der Waals surface area contributed by atoms with Crippen LogP contribution in [0.15, 0.2) is 11.6 Å². The van der Waals surface area contributed by atoms with Crippen LogP contribution in [-0.2, 0) is 0 Å². The number of hydrogen-bond donors (Lipinski definition) is 0. The fourth-order valence-electron chi connectivity index (χ4n) is 0.186. The van der Waals surface area contributed by atoms with Gasteiger partial charge in [0.1, 0.15) is 0 Å². The second-order valence-electron chi connectivity index (χ2n) is 1.34. The SMILES string of the molecule is CC(=CCCl)CBr. The van der Waals surface area contributed by atoms with Crippen molar-refractivity contribution in [1.82, 2.24) is 0 Å². The maximum absolute atomic E-state index is 5.38. The third-order valence-electron chi connectivity index (χ3n) is 0.636. The van der Waals surface area contributed by atoms with E-state index >= 15 is 0 Å². The Morgan fingerprint density at radius 2 is 2.43 bits per heavy atom. The Balaban J connectivity index is 3.29. The van der Waals surface area contributed by atoms with Crippen LogP contribution in [0.1, 0.15) is 6.92 Å². The molecule has 0 saturated carbocycles. The maximum atomic E-state index is 5.38. The van der Waals surface area contributed by atoms with Gasteiger partial charge >= 0.3 is 0 Å².